The summed E-state index contributed by atoms with van der Waals surface area (Å²) in [4.78, 5) is 0. The van der Waals surface area contributed by atoms with Crippen LogP contribution >= 0.6 is 17.0 Å². The quantitative estimate of drug-likeness (QED) is 0.147. The van der Waals surface area contributed by atoms with Gasteiger partial charge in [-0.05, 0) is 0 Å². The van der Waals surface area contributed by atoms with Crippen molar-refractivity contribution in [1.82, 2.24) is 0 Å². The first-order valence-electron chi connectivity index (χ1n) is 20.7. The normalized spacial score (nSPS) is 18.2. The zero-order chi connectivity index (χ0) is 39.7. The average molecular weight is 856 g/mol. The van der Waals surface area contributed by atoms with Crippen molar-refractivity contribution in [1.29, 1.82) is 0 Å². The number of allylic oxidation sites excluding steroid dienone is 2. The van der Waals surface area contributed by atoms with E-state index in [0.717, 1.165) is 12.8 Å². The van der Waals surface area contributed by atoms with Crippen molar-refractivity contribution < 1.29 is 15.6 Å². The molecule has 6 rings (SSSR count). The summed E-state index contributed by atoms with van der Waals surface area (Å²) >= 11 is -5.05. The molecule has 0 heterocycles. The van der Waals surface area contributed by atoms with E-state index in [4.69, 9.17) is 17.0 Å². The summed E-state index contributed by atoms with van der Waals surface area (Å²) in [5.41, 5.74) is 19.4. The maximum absolute atomic E-state index is 9.00. The van der Waals surface area contributed by atoms with Crippen molar-refractivity contribution >= 4 is 35.1 Å². The van der Waals surface area contributed by atoms with E-state index in [2.05, 4.69) is 181 Å². The van der Waals surface area contributed by atoms with E-state index in [1.807, 2.05) is 0 Å². The summed E-state index contributed by atoms with van der Waals surface area (Å²) in [5.74, 6) is -1.11. The van der Waals surface area contributed by atoms with Crippen molar-refractivity contribution in [2.75, 3.05) is 0 Å². The van der Waals surface area contributed by atoms with E-state index in [0.29, 0.717) is 11.8 Å². The van der Waals surface area contributed by atoms with Gasteiger partial charge in [-0.2, -0.15) is 0 Å². The molecule has 0 saturated heterocycles. The van der Waals surface area contributed by atoms with E-state index in [9.17, 15) is 0 Å². The summed E-state index contributed by atoms with van der Waals surface area (Å²) in [5, 5.41) is 0. The van der Waals surface area contributed by atoms with Crippen LogP contribution in [0, 0.1) is 11.8 Å². The van der Waals surface area contributed by atoms with Gasteiger partial charge in [-0.25, -0.2) is 0 Å². The fourth-order valence-electron chi connectivity index (χ4n) is 9.98. The number of hydrogen-bond donors (Lipinski definition) is 0. The van der Waals surface area contributed by atoms with Crippen molar-refractivity contribution in [3.8, 4) is 22.3 Å². The molecule has 0 fully saturated rings. The zero-order valence-electron chi connectivity index (χ0n) is 35.6. The summed E-state index contributed by atoms with van der Waals surface area (Å²) in [6.07, 6.45) is 7.11. The molecule has 4 aromatic carbocycles. The van der Waals surface area contributed by atoms with E-state index >= 15 is 0 Å². The standard InChI is InChI=1S/2C24H29.C2H7Si.2ClH.Zr/c2*1-7-17-10-8-9-11-20(17)23-21-15-19(16(2)3)14-18(21)12-13-22(23)24(4,5)6;1-3-2;;;/h2*8-16H,7H2,1-6H3;3H,1-2H3;2*1H;/q;;;;;+2/p-2. The molecule has 0 radical (unpaired) electrons. The number of hydrogen-bond acceptors (Lipinski definition) is 0. The molecule has 2 aliphatic rings. The SMILES string of the molecule is CCc1ccccc1-c1c(C(C)(C)C)ccc2c1C=C(C(C)C)[CH]2[Zr]([Cl])([Cl])([CH]1C(C(C)C)=Cc2c1ccc(C(C)(C)C)c2-c1ccccc1CC)[SiH](C)C. The van der Waals surface area contributed by atoms with Gasteiger partial charge in [-0.3, -0.25) is 0 Å². The fourth-order valence-corrected chi connectivity index (χ4v) is 41.5. The van der Waals surface area contributed by atoms with Crippen molar-refractivity contribution in [2.24, 2.45) is 11.8 Å². The van der Waals surface area contributed by atoms with Crippen LogP contribution in [0.15, 0.2) is 83.9 Å². The molecule has 0 saturated carbocycles. The first-order chi connectivity index (χ1) is 25.2. The van der Waals surface area contributed by atoms with Crippen LogP contribution < -0.4 is 0 Å². The molecule has 54 heavy (non-hydrogen) atoms. The van der Waals surface area contributed by atoms with Gasteiger partial charge in [0.15, 0.2) is 0 Å². The molecule has 0 amide bonds. The molecule has 2 unspecified atom stereocenters. The molecule has 0 N–H and O–H groups in total. The molecule has 4 aromatic rings. The number of fused-ring (bicyclic) bond motifs is 2. The van der Waals surface area contributed by atoms with Gasteiger partial charge in [0, 0.05) is 0 Å². The monoisotopic (exact) mass is 853 g/mol. The Morgan fingerprint density at radius 3 is 1.22 bits per heavy atom. The first-order valence-corrected chi connectivity index (χ1v) is 37.0. The van der Waals surface area contributed by atoms with E-state index in [1.165, 1.54) is 77.9 Å². The average Bonchev–Trinajstić information content (AvgIpc) is 3.71. The second-order valence-corrected chi connectivity index (χ2v) is 61.9. The molecule has 4 heteroatoms. The molecule has 0 spiro atoms. The van der Waals surface area contributed by atoms with Crippen molar-refractivity contribution in [2.45, 2.75) is 127 Å². The zero-order valence-corrected chi connectivity index (χ0v) is 40.8. The molecule has 0 aromatic heterocycles. The van der Waals surface area contributed by atoms with E-state index < -0.39 is 21.5 Å². The summed E-state index contributed by atoms with van der Waals surface area (Å²) in [6.45, 7) is 33.2. The molecule has 2 aliphatic carbocycles. The molecule has 0 aliphatic heterocycles. The second-order valence-electron chi connectivity index (χ2n) is 19.3. The minimum absolute atomic E-state index is 0.0320. The van der Waals surface area contributed by atoms with Gasteiger partial charge in [-0.15, -0.1) is 0 Å². The number of benzene rings is 4. The van der Waals surface area contributed by atoms with Gasteiger partial charge in [0.25, 0.3) is 0 Å². The van der Waals surface area contributed by atoms with Crippen molar-refractivity contribution in [3.63, 3.8) is 0 Å². The van der Waals surface area contributed by atoms with Gasteiger partial charge in [0.2, 0.25) is 0 Å². The fraction of sp³-hybridized carbons (Fsp3) is 0.440. The third-order valence-electron chi connectivity index (χ3n) is 13.0. The van der Waals surface area contributed by atoms with Gasteiger partial charge in [-0.1, -0.05) is 0 Å². The third-order valence-corrected chi connectivity index (χ3v) is 64.6. The van der Waals surface area contributed by atoms with Crippen LogP contribution in [0.4, 0.5) is 0 Å². The Balaban J connectivity index is 1.72. The topological polar surface area (TPSA) is 0 Å². The predicted octanol–water partition coefficient (Wildman–Crippen LogP) is 15.6. The van der Waals surface area contributed by atoms with Crippen LogP contribution in [-0.4, -0.2) is 5.92 Å². The number of aryl methyl sites for hydroxylation is 2. The van der Waals surface area contributed by atoms with Crippen LogP contribution in [-0.2, 0) is 39.2 Å². The Morgan fingerprint density at radius 2 is 0.926 bits per heavy atom. The number of rotatable bonds is 9. The van der Waals surface area contributed by atoms with Crippen LogP contribution in [0.3, 0.4) is 0 Å². The molecule has 287 valence electrons. The maximum atomic E-state index is 9.00. The Kier molecular flexibility index (Phi) is 11.4. The molecular formula is C50H65Cl2SiZr. The summed E-state index contributed by atoms with van der Waals surface area (Å²) in [7, 11) is 18.0. The Labute approximate surface area is 337 Å². The Morgan fingerprint density at radius 1 is 0.574 bits per heavy atom. The molecule has 0 nitrogen and oxygen atoms in total. The van der Waals surface area contributed by atoms with Crippen LogP contribution in [0.5, 0.6) is 0 Å². The summed E-state index contributed by atoms with van der Waals surface area (Å²) < 4.78 is 0.0922. The second kappa shape index (κ2) is 14.8. The predicted molar refractivity (Wildman–Crippen MR) is 242 cm³/mol. The third kappa shape index (κ3) is 6.70. The van der Waals surface area contributed by atoms with Gasteiger partial charge >= 0.3 is 340 Å². The van der Waals surface area contributed by atoms with Gasteiger partial charge in [0.05, 0.1) is 0 Å². The van der Waals surface area contributed by atoms with Crippen LogP contribution in [0.25, 0.3) is 34.4 Å². The van der Waals surface area contributed by atoms with Gasteiger partial charge < -0.3 is 0 Å². The summed E-state index contributed by atoms with van der Waals surface area (Å²) in [6, 6.07) is 27.9. The van der Waals surface area contributed by atoms with E-state index in [1.54, 1.807) is 0 Å². The van der Waals surface area contributed by atoms with Crippen LogP contribution in [0.2, 0.25) is 13.1 Å². The van der Waals surface area contributed by atoms with Crippen molar-refractivity contribution in [3.05, 3.63) is 128 Å². The molecule has 2 atom stereocenters. The van der Waals surface area contributed by atoms with E-state index in [-0.39, 0.29) is 18.1 Å². The van der Waals surface area contributed by atoms with Gasteiger partial charge in [0.1, 0.15) is 0 Å². The first kappa shape index (κ1) is 41.7. The molecule has 0 bridgehead atoms. The van der Waals surface area contributed by atoms with Crippen LogP contribution in [0.1, 0.15) is 135 Å². The number of halogens is 2. The minimum atomic E-state index is -5.05. The Hall–Kier alpha value is -1.96. The molecular weight excluding hydrogens is 791 g/mol. The Bertz CT molecular complexity index is 2000.